The van der Waals surface area contributed by atoms with Gasteiger partial charge in [0, 0.05) is 24.7 Å². The van der Waals surface area contributed by atoms with Gasteiger partial charge in [-0.2, -0.15) is 0 Å². The molecule has 21 heavy (non-hydrogen) atoms. The molecule has 6 nitrogen and oxygen atoms in total. The number of urea groups is 1. The highest BCUT2D eigenvalue weighted by molar-refractivity contribution is 6.01. The van der Waals surface area contributed by atoms with Gasteiger partial charge in [-0.15, -0.1) is 0 Å². The van der Waals surface area contributed by atoms with Gasteiger partial charge < -0.3 is 15.3 Å². The third-order valence-electron chi connectivity index (χ3n) is 3.49. The van der Waals surface area contributed by atoms with Gasteiger partial charge in [0.25, 0.3) is 0 Å². The smallest absolute Gasteiger partial charge is 0.327 e. The quantitative estimate of drug-likeness (QED) is 0.873. The van der Waals surface area contributed by atoms with Crippen LogP contribution in [0.15, 0.2) is 24.3 Å². The highest BCUT2D eigenvalue weighted by atomic mass is 16.4. The predicted molar refractivity (Wildman–Crippen MR) is 80.6 cm³/mol. The van der Waals surface area contributed by atoms with Crippen molar-refractivity contribution < 1.29 is 14.7 Å². The zero-order valence-corrected chi connectivity index (χ0v) is 12.5. The molecular formula is C15H21N3O3. The zero-order chi connectivity index (χ0) is 15.6. The largest absolute Gasteiger partial charge is 0.480 e. The van der Waals surface area contributed by atoms with Gasteiger partial charge >= 0.3 is 12.0 Å². The van der Waals surface area contributed by atoms with Crippen LogP contribution in [0.3, 0.4) is 0 Å². The lowest BCUT2D eigenvalue weighted by Crippen LogP contribution is -2.51. The molecule has 2 amide bonds. The lowest BCUT2D eigenvalue weighted by molar-refractivity contribution is -0.138. The second-order valence-corrected chi connectivity index (χ2v) is 5.67. The monoisotopic (exact) mass is 291 g/mol. The molecule has 0 aromatic heterocycles. The summed E-state index contributed by atoms with van der Waals surface area (Å²) in [5, 5.41) is 12.2. The Morgan fingerprint density at radius 3 is 2.71 bits per heavy atom. The van der Waals surface area contributed by atoms with Gasteiger partial charge in [0.05, 0.1) is 0 Å². The highest BCUT2D eigenvalue weighted by Gasteiger charge is 2.38. The SMILES string of the molecule is CC(CN(C)C)NC(=O)N1c2ccccc2C[C@H]1C(=O)O. The van der Waals surface area contributed by atoms with Gasteiger partial charge in [-0.3, -0.25) is 4.90 Å². The van der Waals surface area contributed by atoms with Crippen LogP contribution in [0, 0.1) is 0 Å². The molecule has 6 heteroatoms. The molecule has 0 radical (unpaired) electrons. The number of rotatable bonds is 4. The van der Waals surface area contributed by atoms with Crippen molar-refractivity contribution in [3.8, 4) is 0 Å². The van der Waals surface area contributed by atoms with Gasteiger partial charge in [-0.25, -0.2) is 9.59 Å². The maximum absolute atomic E-state index is 12.4. The Morgan fingerprint density at radius 1 is 1.43 bits per heavy atom. The minimum absolute atomic E-state index is 0.0605. The van der Waals surface area contributed by atoms with Crippen molar-refractivity contribution in [2.24, 2.45) is 0 Å². The number of hydrogen-bond acceptors (Lipinski definition) is 3. The van der Waals surface area contributed by atoms with E-state index in [1.807, 2.05) is 44.1 Å². The van der Waals surface area contributed by atoms with Crippen molar-refractivity contribution in [3.63, 3.8) is 0 Å². The molecule has 1 aliphatic rings. The van der Waals surface area contributed by atoms with E-state index in [2.05, 4.69) is 5.32 Å². The second-order valence-electron chi connectivity index (χ2n) is 5.67. The number of carbonyl (C=O) groups excluding carboxylic acids is 1. The summed E-state index contributed by atoms with van der Waals surface area (Å²) in [6, 6.07) is 6.06. The molecule has 1 aliphatic heterocycles. The molecule has 1 unspecified atom stereocenters. The number of fused-ring (bicyclic) bond motifs is 1. The second kappa shape index (κ2) is 6.13. The summed E-state index contributed by atoms with van der Waals surface area (Å²) in [5.74, 6) is -0.985. The predicted octanol–water partition coefficient (Wildman–Crippen LogP) is 1.16. The van der Waals surface area contributed by atoms with Crippen LogP contribution < -0.4 is 10.2 Å². The Hall–Kier alpha value is -2.08. The number of carbonyl (C=O) groups is 2. The average Bonchev–Trinajstić information content (AvgIpc) is 2.76. The van der Waals surface area contributed by atoms with E-state index in [0.29, 0.717) is 18.7 Å². The summed E-state index contributed by atoms with van der Waals surface area (Å²) in [5.41, 5.74) is 1.57. The van der Waals surface area contributed by atoms with E-state index in [0.717, 1.165) is 5.56 Å². The van der Waals surface area contributed by atoms with Crippen molar-refractivity contribution >= 4 is 17.7 Å². The van der Waals surface area contributed by atoms with E-state index in [-0.39, 0.29) is 12.1 Å². The van der Waals surface area contributed by atoms with Crippen LogP contribution in [0.4, 0.5) is 10.5 Å². The van der Waals surface area contributed by atoms with Crippen LogP contribution in [0.5, 0.6) is 0 Å². The third kappa shape index (κ3) is 3.33. The first kappa shape index (κ1) is 15.3. The van der Waals surface area contributed by atoms with E-state index in [1.54, 1.807) is 6.07 Å². The Morgan fingerprint density at radius 2 is 2.10 bits per heavy atom. The normalized spacial score (nSPS) is 18.5. The molecule has 0 saturated heterocycles. The fourth-order valence-corrected chi connectivity index (χ4v) is 2.71. The van der Waals surface area contributed by atoms with E-state index in [4.69, 9.17) is 0 Å². The minimum Gasteiger partial charge on any atom is -0.480 e. The first-order valence-corrected chi connectivity index (χ1v) is 6.95. The summed E-state index contributed by atoms with van der Waals surface area (Å²) in [7, 11) is 3.85. The first-order valence-electron chi connectivity index (χ1n) is 6.95. The third-order valence-corrected chi connectivity index (χ3v) is 3.49. The summed E-state index contributed by atoms with van der Waals surface area (Å²) in [4.78, 5) is 27.2. The van der Waals surface area contributed by atoms with Crippen LogP contribution >= 0.6 is 0 Å². The molecule has 0 saturated carbocycles. The first-order chi connectivity index (χ1) is 9.90. The summed E-state index contributed by atoms with van der Waals surface area (Å²) in [6.45, 7) is 2.59. The van der Waals surface area contributed by atoms with Crippen LogP contribution in [-0.4, -0.2) is 54.7 Å². The molecule has 0 fully saturated rings. The molecule has 2 N–H and O–H groups in total. The molecule has 0 bridgehead atoms. The number of amides is 2. The van der Waals surface area contributed by atoms with Gasteiger partial charge in [-0.1, -0.05) is 18.2 Å². The molecule has 1 aromatic carbocycles. The number of anilines is 1. The molecule has 114 valence electrons. The van der Waals surface area contributed by atoms with Crippen LogP contribution in [-0.2, 0) is 11.2 Å². The fourth-order valence-electron chi connectivity index (χ4n) is 2.71. The Kier molecular flexibility index (Phi) is 4.47. The van der Waals surface area contributed by atoms with Crippen molar-refractivity contribution in [3.05, 3.63) is 29.8 Å². The van der Waals surface area contributed by atoms with Crippen molar-refractivity contribution in [1.82, 2.24) is 10.2 Å². The van der Waals surface area contributed by atoms with Crippen molar-refractivity contribution in [1.29, 1.82) is 0 Å². The summed E-state index contributed by atoms with van der Waals surface area (Å²) in [6.07, 6.45) is 0.348. The molecule has 0 aliphatic carbocycles. The van der Waals surface area contributed by atoms with Crippen LogP contribution in [0.25, 0.3) is 0 Å². The molecule has 1 aromatic rings. The lowest BCUT2D eigenvalue weighted by atomic mass is 10.1. The maximum Gasteiger partial charge on any atom is 0.327 e. The highest BCUT2D eigenvalue weighted by Crippen LogP contribution is 2.32. The Labute approximate surface area is 124 Å². The Bertz CT molecular complexity index is 545. The van der Waals surface area contributed by atoms with Gasteiger partial charge in [-0.05, 0) is 32.6 Å². The van der Waals surface area contributed by atoms with Crippen molar-refractivity contribution in [2.45, 2.75) is 25.4 Å². The number of nitrogens with zero attached hydrogens (tertiary/aromatic N) is 2. The van der Waals surface area contributed by atoms with E-state index in [9.17, 15) is 14.7 Å². The fraction of sp³-hybridized carbons (Fsp3) is 0.467. The number of carboxylic acid groups (broad SMARTS) is 1. The Balaban J connectivity index is 2.18. The number of benzene rings is 1. The molecule has 2 rings (SSSR count). The van der Waals surface area contributed by atoms with E-state index >= 15 is 0 Å². The lowest BCUT2D eigenvalue weighted by Gasteiger charge is -2.26. The van der Waals surface area contributed by atoms with E-state index in [1.165, 1.54) is 4.90 Å². The number of para-hydroxylation sites is 1. The van der Waals surface area contributed by atoms with Gasteiger partial charge in [0.2, 0.25) is 0 Å². The van der Waals surface area contributed by atoms with Gasteiger partial charge in [0.1, 0.15) is 6.04 Å². The molecule has 0 spiro atoms. The average molecular weight is 291 g/mol. The zero-order valence-electron chi connectivity index (χ0n) is 12.5. The van der Waals surface area contributed by atoms with E-state index < -0.39 is 12.0 Å². The van der Waals surface area contributed by atoms with Crippen LogP contribution in [0.2, 0.25) is 0 Å². The standard InChI is InChI=1S/C15H21N3O3/c1-10(9-17(2)3)16-15(21)18-12-7-5-4-6-11(12)8-13(18)14(19)20/h4-7,10,13H,8-9H2,1-3H3,(H,16,21)(H,19,20)/t10?,13-/m0/s1. The summed E-state index contributed by atoms with van der Waals surface area (Å²) >= 11 is 0. The number of hydrogen-bond donors (Lipinski definition) is 2. The molecule has 2 atom stereocenters. The minimum atomic E-state index is -0.985. The van der Waals surface area contributed by atoms with Crippen LogP contribution in [0.1, 0.15) is 12.5 Å². The molecular weight excluding hydrogens is 270 g/mol. The summed E-state index contributed by atoms with van der Waals surface area (Å²) < 4.78 is 0. The number of carboxylic acids is 1. The molecule has 1 heterocycles. The number of likely N-dealkylation sites (N-methyl/N-ethyl adjacent to an activating group) is 1. The van der Waals surface area contributed by atoms with Gasteiger partial charge in [0.15, 0.2) is 0 Å². The number of nitrogens with one attached hydrogen (secondary N) is 1. The number of aliphatic carboxylic acids is 1. The van der Waals surface area contributed by atoms with Crippen molar-refractivity contribution in [2.75, 3.05) is 25.5 Å². The topological polar surface area (TPSA) is 72.9 Å². The maximum atomic E-state index is 12.4.